The average Bonchev–Trinajstić information content (AvgIpc) is 2.80. The fourth-order valence-corrected chi connectivity index (χ4v) is 7.64. The molecule has 0 radical (unpaired) electrons. The fourth-order valence-electron chi connectivity index (χ4n) is 5.58. The van der Waals surface area contributed by atoms with E-state index in [1.165, 1.54) is 0 Å². The molecule has 4 nitrogen and oxygen atoms in total. The topological polar surface area (TPSA) is 58.9 Å². The summed E-state index contributed by atoms with van der Waals surface area (Å²) in [5.74, 6) is 0.0889. The molecule has 0 aliphatic heterocycles. The van der Waals surface area contributed by atoms with Gasteiger partial charge < -0.3 is 19.1 Å². The third-order valence-corrected chi connectivity index (χ3v) is 19.7. The lowest BCUT2D eigenvalue weighted by Gasteiger charge is -2.60. The van der Waals surface area contributed by atoms with Crippen molar-refractivity contribution in [2.24, 2.45) is 22.7 Å². The molecule has 0 fully saturated rings. The summed E-state index contributed by atoms with van der Waals surface area (Å²) in [5, 5.41) is 24.6. The van der Waals surface area contributed by atoms with Gasteiger partial charge in [0.25, 0.3) is 0 Å². The van der Waals surface area contributed by atoms with Crippen LogP contribution in [0.1, 0.15) is 93.9 Å². The molecule has 2 rings (SSSR count). The summed E-state index contributed by atoms with van der Waals surface area (Å²) in [7, 11) is -4.23. The molecule has 2 aliphatic rings. The summed E-state index contributed by atoms with van der Waals surface area (Å²) in [6, 6.07) is 0. The first-order valence-corrected chi connectivity index (χ1v) is 21.2. The summed E-state index contributed by atoms with van der Waals surface area (Å²) in [6.45, 7) is 27.9. The molecule has 0 bridgehead atoms. The van der Waals surface area contributed by atoms with E-state index in [-0.39, 0.29) is 21.9 Å². The van der Waals surface area contributed by atoms with E-state index >= 15 is 0 Å². The van der Waals surface area contributed by atoms with Gasteiger partial charge in [0, 0.05) is 25.0 Å². The van der Waals surface area contributed by atoms with Gasteiger partial charge >= 0.3 is 0 Å². The van der Waals surface area contributed by atoms with Gasteiger partial charge in [-0.2, -0.15) is 0 Å². The molecule has 0 aromatic heterocycles. The molecule has 0 amide bonds. The average molecular weight is 567 g/mol. The van der Waals surface area contributed by atoms with Crippen LogP contribution in [0.25, 0.3) is 0 Å². The lowest BCUT2D eigenvalue weighted by atomic mass is 9.49. The third kappa shape index (κ3) is 6.62. The van der Waals surface area contributed by atoms with Crippen LogP contribution in [0.2, 0.25) is 36.3 Å². The second kappa shape index (κ2) is 12.3. The van der Waals surface area contributed by atoms with Crippen LogP contribution in [-0.4, -0.2) is 52.3 Å². The van der Waals surface area contributed by atoms with Crippen LogP contribution in [-0.2, 0) is 8.85 Å². The number of rotatable bonds is 12. The highest BCUT2D eigenvalue weighted by molar-refractivity contribution is 6.74. The van der Waals surface area contributed by atoms with E-state index in [0.29, 0.717) is 13.2 Å². The number of unbranched alkanes of at least 4 members (excludes halogenated alkanes) is 2. The van der Waals surface area contributed by atoms with Crippen molar-refractivity contribution in [2.45, 2.75) is 142 Å². The summed E-state index contributed by atoms with van der Waals surface area (Å²) in [5.41, 5.74) is -1.47. The monoisotopic (exact) mass is 566 g/mol. The number of hydrogen-bond acceptors (Lipinski definition) is 4. The van der Waals surface area contributed by atoms with Crippen LogP contribution < -0.4 is 0 Å². The Bertz CT molecular complexity index is 754. The predicted octanol–water partition coefficient (Wildman–Crippen LogP) is 8.48. The smallest absolute Gasteiger partial charge is 0.192 e. The molecule has 222 valence electrons. The van der Waals surface area contributed by atoms with Crippen LogP contribution >= 0.6 is 0 Å². The van der Waals surface area contributed by atoms with Crippen molar-refractivity contribution in [3.63, 3.8) is 0 Å². The molecule has 2 N–H and O–H groups in total. The normalized spacial score (nSPS) is 32.5. The molecule has 0 saturated carbocycles. The van der Waals surface area contributed by atoms with Crippen molar-refractivity contribution in [1.29, 1.82) is 0 Å². The Hall–Kier alpha value is -0.246. The van der Waals surface area contributed by atoms with Gasteiger partial charge in [0.15, 0.2) is 16.6 Å². The van der Waals surface area contributed by atoms with Crippen molar-refractivity contribution in [2.75, 3.05) is 13.2 Å². The molecule has 2 aliphatic carbocycles. The minimum Gasteiger partial charge on any atom is -0.416 e. The lowest BCUT2D eigenvalue weighted by molar-refractivity contribution is -0.158. The summed E-state index contributed by atoms with van der Waals surface area (Å²) >= 11 is 0. The van der Waals surface area contributed by atoms with Gasteiger partial charge in [-0.05, 0) is 49.1 Å². The maximum atomic E-state index is 12.3. The van der Waals surface area contributed by atoms with Crippen molar-refractivity contribution in [3.05, 3.63) is 24.3 Å². The maximum absolute atomic E-state index is 12.3. The van der Waals surface area contributed by atoms with Crippen LogP contribution in [0.5, 0.6) is 0 Å². The second-order valence-corrected chi connectivity index (χ2v) is 25.0. The third-order valence-electron chi connectivity index (χ3n) is 10.8. The first kappa shape index (κ1) is 34.0. The molecule has 0 saturated heterocycles. The Kier molecular flexibility index (Phi) is 11.0. The van der Waals surface area contributed by atoms with E-state index in [4.69, 9.17) is 8.85 Å². The van der Waals surface area contributed by atoms with E-state index in [0.717, 1.165) is 38.5 Å². The minimum absolute atomic E-state index is 0.0444. The van der Waals surface area contributed by atoms with Gasteiger partial charge in [0.05, 0.1) is 23.0 Å². The zero-order chi connectivity index (χ0) is 29.2. The zero-order valence-corrected chi connectivity index (χ0v) is 29.0. The van der Waals surface area contributed by atoms with Crippen LogP contribution in [0.4, 0.5) is 0 Å². The number of fused-ring (bicyclic) bond motifs is 1. The van der Waals surface area contributed by atoms with E-state index in [1.807, 2.05) is 0 Å². The minimum atomic E-state index is -2.11. The van der Waals surface area contributed by atoms with Crippen LogP contribution in [0.15, 0.2) is 24.3 Å². The van der Waals surface area contributed by atoms with Gasteiger partial charge in [-0.1, -0.05) is 105 Å². The Morgan fingerprint density at radius 3 is 1.24 bits per heavy atom. The molecule has 0 spiro atoms. The van der Waals surface area contributed by atoms with E-state index in [1.54, 1.807) is 0 Å². The maximum Gasteiger partial charge on any atom is 0.192 e. The standard InChI is InChI=1S/C32H62O4Si2/c1-13-15-17-25-19-21-32(24-36-38(11,12)30(6,7)8)28(34)26(18-16-14-2)20-22-31(32,27(25)33)23-35-37(9,10)29(3,4)5/h19-22,25-28,33-34H,13-18,23-24H2,1-12H3/t25-,26-,27-,28-,31+,32+/m0/s1. The van der Waals surface area contributed by atoms with Crippen molar-refractivity contribution in [1.82, 2.24) is 0 Å². The molecule has 0 unspecified atom stereocenters. The van der Waals surface area contributed by atoms with Crippen LogP contribution in [0.3, 0.4) is 0 Å². The van der Waals surface area contributed by atoms with Gasteiger partial charge in [0.1, 0.15) is 0 Å². The molecule has 0 aromatic rings. The summed E-state index contributed by atoms with van der Waals surface area (Å²) in [6.07, 6.45) is 13.9. The molecule has 6 heteroatoms. The Morgan fingerprint density at radius 2 is 0.974 bits per heavy atom. The quantitative estimate of drug-likeness (QED) is 0.184. The van der Waals surface area contributed by atoms with E-state index < -0.39 is 39.7 Å². The molecular weight excluding hydrogens is 505 g/mol. The highest BCUT2D eigenvalue weighted by Crippen LogP contribution is 2.59. The van der Waals surface area contributed by atoms with Gasteiger partial charge in [0.2, 0.25) is 0 Å². The highest BCUT2D eigenvalue weighted by Gasteiger charge is 2.63. The molecule has 0 heterocycles. The molecule has 0 aromatic carbocycles. The van der Waals surface area contributed by atoms with Crippen molar-refractivity contribution in [3.8, 4) is 0 Å². The molecule has 38 heavy (non-hydrogen) atoms. The number of aliphatic hydroxyl groups excluding tert-OH is 2. The van der Waals surface area contributed by atoms with Crippen molar-refractivity contribution < 1.29 is 19.1 Å². The first-order valence-electron chi connectivity index (χ1n) is 15.3. The Morgan fingerprint density at radius 1 is 0.658 bits per heavy atom. The van der Waals surface area contributed by atoms with Crippen molar-refractivity contribution >= 4 is 16.6 Å². The predicted molar refractivity (Wildman–Crippen MR) is 167 cm³/mol. The summed E-state index contributed by atoms with van der Waals surface area (Å²) < 4.78 is 13.9. The summed E-state index contributed by atoms with van der Waals surface area (Å²) in [4.78, 5) is 0. The molecular formula is C32H62O4Si2. The second-order valence-electron chi connectivity index (χ2n) is 15.4. The van der Waals surface area contributed by atoms with E-state index in [9.17, 15) is 10.2 Å². The number of aliphatic hydroxyl groups is 2. The van der Waals surface area contributed by atoms with Crippen LogP contribution in [0, 0.1) is 22.7 Å². The fraction of sp³-hybridized carbons (Fsp3) is 0.875. The first-order chi connectivity index (χ1) is 17.3. The number of hydrogen-bond donors (Lipinski definition) is 2. The SMILES string of the molecule is CCCC[C@H]1C=C[C@@]2(CO[Si](C)(C)C(C)(C)C)[C@@H](O)[C@@H](CCCC)C=C[C@@]2(CO[Si](C)(C)C(C)(C)C)[C@H]1O. The van der Waals surface area contributed by atoms with Gasteiger partial charge in [-0.3, -0.25) is 0 Å². The Labute approximate surface area is 237 Å². The van der Waals surface area contributed by atoms with E-state index in [2.05, 4.69) is 106 Å². The largest absolute Gasteiger partial charge is 0.416 e. The Balaban J connectivity index is 2.69. The van der Waals surface area contributed by atoms with Gasteiger partial charge in [-0.15, -0.1) is 0 Å². The lowest BCUT2D eigenvalue weighted by Crippen LogP contribution is -2.66. The molecule has 6 atom stereocenters. The van der Waals surface area contributed by atoms with Gasteiger partial charge in [-0.25, -0.2) is 0 Å². The highest BCUT2D eigenvalue weighted by atomic mass is 28.4. The zero-order valence-electron chi connectivity index (χ0n) is 27.0.